The summed E-state index contributed by atoms with van der Waals surface area (Å²) in [7, 11) is 0. The van der Waals surface area contributed by atoms with Crippen LogP contribution < -0.4 is 9.64 Å². The van der Waals surface area contributed by atoms with Crippen LogP contribution in [0.15, 0.2) is 54.6 Å². The van der Waals surface area contributed by atoms with Crippen LogP contribution in [0.25, 0.3) is 0 Å². The number of hydrogen-bond donors (Lipinski definition) is 3. The molecule has 0 spiro atoms. The summed E-state index contributed by atoms with van der Waals surface area (Å²) in [5.74, 6) is -2.02. The first kappa shape index (κ1) is 35.7. The molecule has 4 aromatic rings. The summed E-state index contributed by atoms with van der Waals surface area (Å²) in [5, 5.41) is 30.7. The molecule has 252 valence electrons. The third-order valence-electron chi connectivity index (χ3n) is 9.04. The van der Waals surface area contributed by atoms with Crippen LogP contribution >= 0.6 is 0 Å². The maximum atomic E-state index is 13.6. The number of carbonyl (C=O) groups excluding carboxylic acids is 2. The lowest BCUT2D eigenvalue weighted by atomic mass is 9.89. The van der Waals surface area contributed by atoms with Gasteiger partial charge in [0.2, 0.25) is 0 Å². The lowest BCUT2D eigenvalue weighted by Crippen LogP contribution is -2.26. The van der Waals surface area contributed by atoms with Crippen LogP contribution in [-0.2, 0) is 28.9 Å². The molecule has 0 heterocycles. The number of ketones is 1. The minimum absolute atomic E-state index is 0.0229. The Morgan fingerprint density at radius 1 is 0.729 bits per heavy atom. The van der Waals surface area contributed by atoms with E-state index in [1.165, 1.54) is 0 Å². The highest BCUT2D eigenvalue weighted by Crippen LogP contribution is 2.37. The molecule has 0 aliphatic heterocycles. The molecule has 0 aliphatic rings. The summed E-state index contributed by atoms with van der Waals surface area (Å²) in [4.78, 5) is 40.0. The number of benzene rings is 4. The molecule has 0 atom stereocenters. The largest absolute Gasteiger partial charge is 0.507 e. The monoisotopic (exact) mass is 651 g/mol. The Morgan fingerprint density at radius 2 is 1.40 bits per heavy atom. The van der Waals surface area contributed by atoms with E-state index in [0.717, 1.165) is 44.6 Å². The summed E-state index contributed by atoms with van der Waals surface area (Å²) in [5.41, 5.74) is 9.05. The number of carboxylic acid groups (broad SMARTS) is 1. The van der Waals surface area contributed by atoms with E-state index in [-0.39, 0.29) is 35.7 Å². The lowest BCUT2D eigenvalue weighted by molar-refractivity contribution is -0.136. The Morgan fingerprint density at radius 3 is 2.02 bits per heavy atom. The molecule has 4 aromatic carbocycles. The van der Waals surface area contributed by atoms with Crippen molar-refractivity contribution in [3.05, 3.63) is 116 Å². The zero-order valence-electron chi connectivity index (χ0n) is 28.9. The fraction of sp³-hybridized carbons (Fsp3) is 0.325. The van der Waals surface area contributed by atoms with Crippen LogP contribution in [0.3, 0.4) is 0 Å². The standard InChI is InChI=1S/C40H45NO7/c1-8-33-27(7)30(20-26(6)37(33)45)21-29-11-10-24(4)34(22-31-19-23(3)18-25(5)36(31)44)39(29)48-40(47)38(46)28-12-14-32(15-13-28)41(9-2)17-16-35(42)43/h10-15,18-20,44-45H,8-9,16-17,21-22H2,1-7H3,(H,42,43). The Hall–Kier alpha value is -5.11. The van der Waals surface area contributed by atoms with Gasteiger partial charge in [0.15, 0.2) is 0 Å². The molecule has 0 unspecified atom stereocenters. The van der Waals surface area contributed by atoms with Gasteiger partial charge in [0, 0.05) is 42.7 Å². The molecule has 0 amide bonds. The third kappa shape index (κ3) is 7.88. The third-order valence-corrected chi connectivity index (χ3v) is 9.04. The predicted molar refractivity (Wildman–Crippen MR) is 188 cm³/mol. The normalized spacial score (nSPS) is 11.0. The zero-order valence-corrected chi connectivity index (χ0v) is 28.9. The molecule has 0 fully saturated rings. The molecule has 8 nitrogen and oxygen atoms in total. The minimum Gasteiger partial charge on any atom is -0.507 e. The van der Waals surface area contributed by atoms with Gasteiger partial charge in [-0.3, -0.25) is 9.59 Å². The number of carbonyl (C=O) groups is 3. The molecule has 0 bridgehead atoms. The number of hydrogen-bond acceptors (Lipinski definition) is 7. The lowest BCUT2D eigenvalue weighted by Gasteiger charge is -2.22. The minimum atomic E-state index is -1.04. The van der Waals surface area contributed by atoms with E-state index >= 15 is 0 Å². The summed E-state index contributed by atoms with van der Waals surface area (Å²) in [6.45, 7) is 14.3. The van der Waals surface area contributed by atoms with E-state index < -0.39 is 17.7 Å². The van der Waals surface area contributed by atoms with Crippen molar-refractivity contribution in [2.24, 2.45) is 0 Å². The van der Waals surface area contributed by atoms with Crippen molar-refractivity contribution >= 4 is 23.4 Å². The molecule has 3 N–H and O–H groups in total. The van der Waals surface area contributed by atoms with Gasteiger partial charge in [0.05, 0.1) is 6.42 Å². The number of Topliss-reactive ketones (excluding diaryl/α,β-unsaturated/α-hetero) is 1. The number of aliphatic carboxylic acids is 1. The molecule has 0 radical (unpaired) electrons. The molecule has 0 saturated carbocycles. The smallest absolute Gasteiger partial charge is 0.385 e. The number of ether oxygens (including phenoxy) is 1. The molecule has 0 saturated heterocycles. The fourth-order valence-electron chi connectivity index (χ4n) is 6.28. The molecule has 8 heteroatoms. The number of aryl methyl sites for hydroxylation is 4. The van der Waals surface area contributed by atoms with E-state index in [1.807, 2.05) is 83.7 Å². The second kappa shape index (κ2) is 15.2. The molecule has 48 heavy (non-hydrogen) atoms. The van der Waals surface area contributed by atoms with E-state index in [0.29, 0.717) is 42.6 Å². The summed E-state index contributed by atoms with van der Waals surface area (Å²) in [6, 6.07) is 16.1. The van der Waals surface area contributed by atoms with Gasteiger partial charge >= 0.3 is 11.9 Å². The van der Waals surface area contributed by atoms with Gasteiger partial charge in [-0.05, 0) is 117 Å². The van der Waals surface area contributed by atoms with E-state index in [4.69, 9.17) is 9.84 Å². The van der Waals surface area contributed by atoms with Crippen LogP contribution in [0.2, 0.25) is 0 Å². The van der Waals surface area contributed by atoms with Gasteiger partial charge in [0.25, 0.3) is 5.78 Å². The Balaban J connectivity index is 1.75. The van der Waals surface area contributed by atoms with Gasteiger partial charge in [-0.25, -0.2) is 4.79 Å². The fourth-order valence-corrected chi connectivity index (χ4v) is 6.28. The first-order valence-electron chi connectivity index (χ1n) is 16.3. The van der Waals surface area contributed by atoms with Crippen LogP contribution in [-0.4, -0.2) is 46.1 Å². The van der Waals surface area contributed by atoms with Crippen molar-refractivity contribution in [2.75, 3.05) is 18.0 Å². The average molecular weight is 652 g/mol. The van der Waals surface area contributed by atoms with Gasteiger partial charge in [0.1, 0.15) is 17.2 Å². The Kier molecular flexibility index (Phi) is 11.3. The number of esters is 1. The van der Waals surface area contributed by atoms with Gasteiger partial charge in [-0.1, -0.05) is 42.8 Å². The van der Waals surface area contributed by atoms with Crippen LogP contribution in [0.5, 0.6) is 17.2 Å². The quantitative estimate of drug-likeness (QED) is 0.0589. The average Bonchev–Trinajstić information content (AvgIpc) is 3.05. The molecule has 0 aliphatic carbocycles. The molecule has 4 rings (SSSR count). The molecular weight excluding hydrogens is 606 g/mol. The Bertz CT molecular complexity index is 1860. The highest BCUT2D eigenvalue weighted by molar-refractivity contribution is 6.41. The number of aromatic hydroxyl groups is 2. The van der Waals surface area contributed by atoms with Crippen LogP contribution in [0.1, 0.15) is 86.3 Å². The van der Waals surface area contributed by atoms with Gasteiger partial charge in [-0.15, -0.1) is 0 Å². The van der Waals surface area contributed by atoms with Gasteiger partial charge < -0.3 is 25.0 Å². The number of phenols is 2. The van der Waals surface area contributed by atoms with Crippen molar-refractivity contribution in [3.8, 4) is 17.2 Å². The number of phenolic OH excluding ortho intramolecular Hbond substituents is 2. The maximum Gasteiger partial charge on any atom is 0.385 e. The highest BCUT2D eigenvalue weighted by Gasteiger charge is 2.25. The van der Waals surface area contributed by atoms with Gasteiger partial charge in [-0.2, -0.15) is 0 Å². The van der Waals surface area contributed by atoms with Crippen LogP contribution in [0, 0.1) is 34.6 Å². The summed E-state index contributed by atoms with van der Waals surface area (Å²) in [6.07, 6.45) is 1.30. The number of rotatable bonds is 13. The number of carboxylic acids is 1. The van der Waals surface area contributed by atoms with Crippen LogP contribution in [0.4, 0.5) is 5.69 Å². The van der Waals surface area contributed by atoms with Crippen molar-refractivity contribution in [3.63, 3.8) is 0 Å². The van der Waals surface area contributed by atoms with E-state index in [2.05, 4.69) is 0 Å². The second-order valence-corrected chi connectivity index (χ2v) is 12.4. The van der Waals surface area contributed by atoms with E-state index in [9.17, 15) is 24.6 Å². The molecular formula is C40H45NO7. The topological polar surface area (TPSA) is 124 Å². The van der Waals surface area contributed by atoms with Crippen molar-refractivity contribution in [1.82, 2.24) is 0 Å². The number of nitrogens with zero attached hydrogens (tertiary/aromatic N) is 1. The van der Waals surface area contributed by atoms with Crippen molar-refractivity contribution in [2.45, 2.75) is 74.1 Å². The van der Waals surface area contributed by atoms with Crippen molar-refractivity contribution in [1.29, 1.82) is 0 Å². The summed E-state index contributed by atoms with van der Waals surface area (Å²) < 4.78 is 6.04. The van der Waals surface area contributed by atoms with E-state index in [1.54, 1.807) is 24.3 Å². The SMILES string of the molecule is CCc1c(C)c(Cc2ccc(C)c(Cc3cc(C)cc(C)c3O)c2OC(=O)C(=O)c2ccc(N(CC)CCC(=O)O)cc2)cc(C)c1O. The first-order chi connectivity index (χ1) is 22.7. The maximum absolute atomic E-state index is 13.6. The predicted octanol–water partition coefficient (Wildman–Crippen LogP) is 7.47. The number of anilines is 1. The second-order valence-electron chi connectivity index (χ2n) is 12.4. The molecule has 0 aromatic heterocycles. The zero-order chi connectivity index (χ0) is 35.3. The highest BCUT2D eigenvalue weighted by atomic mass is 16.5. The Labute approximate surface area is 282 Å². The van der Waals surface area contributed by atoms with Crippen molar-refractivity contribution < 1.29 is 34.4 Å². The summed E-state index contributed by atoms with van der Waals surface area (Å²) >= 11 is 0. The first-order valence-corrected chi connectivity index (χ1v) is 16.3.